The molecule has 130 valence electrons. The van der Waals surface area contributed by atoms with Crippen molar-refractivity contribution in [2.45, 2.75) is 4.90 Å². The number of nitrogens with zero attached hydrogens (tertiary/aromatic N) is 4. The van der Waals surface area contributed by atoms with Crippen LogP contribution in [0.5, 0.6) is 11.5 Å². The first kappa shape index (κ1) is 16.7. The third-order valence-electron chi connectivity index (χ3n) is 3.32. The summed E-state index contributed by atoms with van der Waals surface area (Å²) in [6.07, 6.45) is 0. The molecule has 0 amide bonds. The van der Waals surface area contributed by atoms with Crippen LogP contribution in [0.15, 0.2) is 47.4 Å². The lowest BCUT2D eigenvalue weighted by Gasteiger charge is -2.23. The van der Waals surface area contributed by atoms with Crippen LogP contribution in [-0.2, 0) is 10.0 Å². The number of sulfonamides is 1. The number of hydrogen-bond acceptors (Lipinski definition) is 7. The monoisotopic (exact) mass is 360 g/mol. The average molecular weight is 360 g/mol. The van der Waals surface area contributed by atoms with Gasteiger partial charge in [-0.2, -0.15) is 5.21 Å². The number of aromatic amines is 1. The molecule has 1 heterocycles. The second kappa shape index (κ2) is 6.77. The van der Waals surface area contributed by atoms with Gasteiger partial charge < -0.3 is 14.2 Å². The maximum absolute atomic E-state index is 12.7. The van der Waals surface area contributed by atoms with Crippen molar-refractivity contribution < 1.29 is 17.9 Å². The largest absolute Gasteiger partial charge is 0.573 e. The zero-order valence-electron chi connectivity index (χ0n) is 13.4. The van der Waals surface area contributed by atoms with E-state index < -0.39 is 10.0 Å². The first-order valence-electron chi connectivity index (χ1n) is 7.07. The molecule has 0 saturated heterocycles. The van der Waals surface area contributed by atoms with E-state index in [9.17, 15) is 8.42 Å². The molecule has 0 radical (unpaired) electrons. The summed E-state index contributed by atoms with van der Waals surface area (Å²) in [5, 5.41) is 13.5. The van der Waals surface area contributed by atoms with Crippen LogP contribution >= 0.6 is 0 Å². The minimum atomic E-state index is -4.02. The lowest BCUT2D eigenvalue weighted by atomic mass is 10.2. The number of methoxy groups -OCH3 is 2. The number of H-pyrrole nitrogens is 1. The molecular formula is C15H14N5O4S-. The molecule has 0 aliphatic carbocycles. The predicted molar refractivity (Wildman–Crippen MR) is 89.4 cm³/mol. The highest BCUT2D eigenvalue weighted by molar-refractivity contribution is 7.94. The standard InChI is InChI=1S/C15H14N5O4S/c1-23-12-6-7-13(24-2)14(9-12)25(21,22)18-11-5-3-4-10(8-11)15-16-19-20-17-15/h3-9H,1-2H3,(H,16,17,19,20)/q-1. The molecule has 0 unspecified atom stereocenters. The van der Waals surface area contributed by atoms with Gasteiger partial charge in [0.05, 0.1) is 19.1 Å². The predicted octanol–water partition coefficient (Wildman–Crippen LogP) is 2.28. The van der Waals surface area contributed by atoms with Crippen molar-refractivity contribution in [1.29, 1.82) is 0 Å². The Hall–Kier alpha value is -3.14. The molecule has 0 atom stereocenters. The fraction of sp³-hybridized carbons (Fsp3) is 0.133. The summed E-state index contributed by atoms with van der Waals surface area (Å²) in [5.41, 5.74) is 0.815. The molecule has 3 rings (SSSR count). The maximum atomic E-state index is 12.7. The Balaban J connectivity index is 1.96. The molecule has 0 spiro atoms. The van der Waals surface area contributed by atoms with Gasteiger partial charge in [0.1, 0.15) is 21.5 Å². The van der Waals surface area contributed by atoms with Crippen molar-refractivity contribution in [1.82, 2.24) is 20.6 Å². The van der Waals surface area contributed by atoms with Crippen molar-refractivity contribution in [3.63, 3.8) is 0 Å². The van der Waals surface area contributed by atoms with Gasteiger partial charge in [-0.25, -0.2) is 8.42 Å². The van der Waals surface area contributed by atoms with E-state index in [0.717, 1.165) is 0 Å². The van der Waals surface area contributed by atoms with Crippen molar-refractivity contribution in [2.24, 2.45) is 0 Å². The van der Waals surface area contributed by atoms with Crippen molar-refractivity contribution >= 4 is 15.7 Å². The Bertz CT molecular complexity index is 973. The highest BCUT2D eigenvalue weighted by Crippen LogP contribution is 2.36. The summed E-state index contributed by atoms with van der Waals surface area (Å²) in [7, 11) is -1.18. The van der Waals surface area contributed by atoms with Gasteiger partial charge in [0.25, 0.3) is 0 Å². The van der Waals surface area contributed by atoms with E-state index in [0.29, 0.717) is 17.1 Å². The van der Waals surface area contributed by atoms with Crippen LogP contribution in [0.25, 0.3) is 16.1 Å². The number of nitrogens with one attached hydrogen (secondary N) is 1. The van der Waals surface area contributed by atoms with E-state index in [-0.39, 0.29) is 16.3 Å². The number of tetrazole rings is 1. The van der Waals surface area contributed by atoms with E-state index in [1.807, 2.05) is 0 Å². The highest BCUT2D eigenvalue weighted by atomic mass is 32.2. The molecular weight excluding hydrogens is 346 g/mol. The van der Waals surface area contributed by atoms with Crippen molar-refractivity contribution in [2.75, 3.05) is 14.2 Å². The Labute approximate surface area is 144 Å². The van der Waals surface area contributed by atoms with E-state index in [2.05, 4.69) is 25.3 Å². The number of hydrogen-bond donors (Lipinski definition) is 1. The SMILES string of the molecule is COc1ccc(OC)c(S(=O)(=O)[N-]c2cccc(-c3nn[nH]n3)c2)c1. The van der Waals surface area contributed by atoms with Crippen LogP contribution in [0.1, 0.15) is 0 Å². The van der Waals surface area contributed by atoms with Gasteiger partial charge in [0.2, 0.25) is 5.82 Å². The second-order valence-corrected chi connectivity index (χ2v) is 6.44. The smallest absolute Gasteiger partial charge is 0.204 e. The Morgan fingerprint density at radius 3 is 2.60 bits per heavy atom. The third kappa shape index (κ3) is 3.53. The minimum absolute atomic E-state index is 0.0840. The summed E-state index contributed by atoms with van der Waals surface area (Å²) >= 11 is 0. The van der Waals surface area contributed by atoms with Crippen LogP contribution in [0.3, 0.4) is 0 Å². The van der Waals surface area contributed by atoms with Gasteiger partial charge in [0, 0.05) is 11.6 Å². The molecule has 0 bridgehead atoms. The molecule has 1 aromatic heterocycles. The lowest BCUT2D eigenvalue weighted by molar-refractivity contribution is 0.392. The molecule has 9 nitrogen and oxygen atoms in total. The van der Waals surface area contributed by atoms with Gasteiger partial charge in [-0.1, -0.05) is 24.3 Å². The van der Waals surface area contributed by atoms with E-state index >= 15 is 0 Å². The van der Waals surface area contributed by atoms with Crippen LogP contribution in [-0.4, -0.2) is 43.3 Å². The van der Waals surface area contributed by atoms with Crippen molar-refractivity contribution in [3.05, 3.63) is 47.2 Å². The molecule has 10 heteroatoms. The van der Waals surface area contributed by atoms with E-state index in [1.54, 1.807) is 30.3 Å². The van der Waals surface area contributed by atoms with Crippen LogP contribution in [0, 0.1) is 0 Å². The number of aromatic nitrogens is 4. The molecule has 0 saturated carbocycles. The fourth-order valence-corrected chi connectivity index (χ4v) is 3.32. The first-order chi connectivity index (χ1) is 12.0. The molecule has 1 N–H and O–H groups in total. The lowest BCUT2D eigenvalue weighted by Crippen LogP contribution is -2.02. The quantitative estimate of drug-likeness (QED) is 0.715. The van der Waals surface area contributed by atoms with Crippen LogP contribution in [0.2, 0.25) is 0 Å². The number of ether oxygens (including phenoxy) is 2. The molecule has 2 aromatic carbocycles. The molecule has 0 fully saturated rings. The minimum Gasteiger partial charge on any atom is -0.573 e. The Morgan fingerprint density at radius 1 is 1.08 bits per heavy atom. The summed E-state index contributed by atoms with van der Waals surface area (Å²) in [5.74, 6) is 0.905. The first-order valence-corrected chi connectivity index (χ1v) is 8.51. The average Bonchev–Trinajstić information content (AvgIpc) is 3.15. The molecule has 25 heavy (non-hydrogen) atoms. The summed E-state index contributed by atoms with van der Waals surface area (Å²) in [6, 6.07) is 11.0. The van der Waals surface area contributed by atoms with Crippen molar-refractivity contribution in [3.8, 4) is 22.9 Å². The van der Waals surface area contributed by atoms with Gasteiger partial charge in [-0.05, 0) is 17.3 Å². The Morgan fingerprint density at radius 2 is 1.92 bits per heavy atom. The molecule has 0 aliphatic rings. The van der Waals surface area contributed by atoms with Gasteiger partial charge in [0.15, 0.2) is 0 Å². The van der Waals surface area contributed by atoms with Crippen LogP contribution < -0.4 is 9.47 Å². The Kier molecular flexibility index (Phi) is 4.52. The zero-order chi connectivity index (χ0) is 17.9. The summed E-state index contributed by atoms with van der Waals surface area (Å²) < 4.78 is 39.5. The molecule has 3 aromatic rings. The summed E-state index contributed by atoms with van der Waals surface area (Å²) in [6.45, 7) is 0. The summed E-state index contributed by atoms with van der Waals surface area (Å²) in [4.78, 5) is -0.0840. The zero-order valence-corrected chi connectivity index (χ0v) is 14.2. The normalized spacial score (nSPS) is 11.1. The van der Waals surface area contributed by atoms with Gasteiger partial charge in [-0.15, -0.1) is 15.9 Å². The van der Waals surface area contributed by atoms with E-state index in [1.165, 1.54) is 26.4 Å². The second-order valence-electron chi connectivity index (χ2n) is 4.87. The maximum Gasteiger partial charge on any atom is 0.204 e. The highest BCUT2D eigenvalue weighted by Gasteiger charge is 2.14. The molecule has 0 aliphatic heterocycles. The fourth-order valence-electron chi connectivity index (χ4n) is 2.16. The third-order valence-corrected chi connectivity index (χ3v) is 4.65. The van der Waals surface area contributed by atoms with Gasteiger partial charge in [-0.3, -0.25) is 0 Å². The van der Waals surface area contributed by atoms with Crippen LogP contribution in [0.4, 0.5) is 5.69 Å². The number of benzene rings is 2. The van der Waals surface area contributed by atoms with E-state index in [4.69, 9.17) is 9.47 Å². The topological polar surface area (TPSA) is 121 Å². The number of rotatable bonds is 6. The van der Waals surface area contributed by atoms with Gasteiger partial charge >= 0.3 is 0 Å².